The summed E-state index contributed by atoms with van der Waals surface area (Å²) in [6, 6.07) is 5.54. The topological polar surface area (TPSA) is 104 Å². The van der Waals surface area contributed by atoms with E-state index in [0.29, 0.717) is 22.6 Å². The molecule has 2 N–H and O–H groups in total. The Morgan fingerprint density at radius 2 is 1.89 bits per heavy atom. The summed E-state index contributed by atoms with van der Waals surface area (Å²) in [5, 5.41) is 18.1. The fraction of sp³-hybridized carbons (Fsp3) is 0.333. The summed E-state index contributed by atoms with van der Waals surface area (Å²) >= 11 is 6.29. The summed E-state index contributed by atoms with van der Waals surface area (Å²) in [4.78, 5) is 36.3. The van der Waals surface area contributed by atoms with Crippen LogP contribution in [0.15, 0.2) is 29.2 Å². The zero-order valence-corrected chi connectivity index (χ0v) is 16.4. The van der Waals surface area contributed by atoms with Crippen LogP contribution in [0.25, 0.3) is 6.08 Å². The summed E-state index contributed by atoms with van der Waals surface area (Å²) in [7, 11) is 0. The van der Waals surface area contributed by atoms with Gasteiger partial charge >= 0.3 is 11.9 Å². The molecule has 1 aromatic carbocycles. The Balaban J connectivity index is 2.17. The molecule has 144 valence electrons. The molecule has 0 aliphatic carbocycles. The summed E-state index contributed by atoms with van der Waals surface area (Å²) in [5.74, 6) is -2.09. The van der Waals surface area contributed by atoms with Gasteiger partial charge in [-0.1, -0.05) is 50.0 Å². The number of thiocarbonyl (C=S) groups is 1. The molecule has 0 aromatic heterocycles. The van der Waals surface area contributed by atoms with Crippen molar-refractivity contribution in [3.8, 4) is 5.75 Å². The maximum atomic E-state index is 12.7. The molecule has 1 saturated heterocycles. The van der Waals surface area contributed by atoms with Gasteiger partial charge < -0.3 is 14.9 Å². The molecule has 0 saturated carbocycles. The van der Waals surface area contributed by atoms with Gasteiger partial charge in [-0.05, 0) is 36.1 Å². The van der Waals surface area contributed by atoms with Crippen LogP contribution in [0.3, 0.4) is 0 Å². The number of ether oxygens (including phenoxy) is 1. The van der Waals surface area contributed by atoms with E-state index in [1.165, 1.54) is 4.90 Å². The Kier molecular flexibility index (Phi) is 6.98. The van der Waals surface area contributed by atoms with Crippen LogP contribution in [0.4, 0.5) is 0 Å². The highest BCUT2D eigenvalue weighted by molar-refractivity contribution is 8.26. The summed E-state index contributed by atoms with van der Waals surface area (Å²) in [5.41, 5.74) is 0.689. The van der Waals surface area contributed by atoms with Crippen LogP contribution in [0.1, 0.15) is 25.8 Å². The number of hydrogen-bond acceptors (Lipinski definition) is 6. The highest BCUT2D eigenvalue weighted by Gasteiger charge is 2.40. The van der Waals surface area contributed by atoms with Crippen molar-refractivity contribution in [2.24, 2.45) is 5.92 Å². The van der Waals surface area contributed by atoms with E-state index in [9.17, 15) is 19.5 Å². The number of rotatable bonds is 8. The lowest BCUT2D eigenvalue weighted by Crippen LogP contribution is -2.44. The van der Waals surface area contributed by atoms with E-state index in [2.05, 4.69) is 0 Å². The van der Waals surface area contributed by atoms with E-state index in [1.54, 1.807) is 30.3 Å². The van der Waals surface area contributed by atoms with Crippen LogP contribution in [-0.2, 0) is 14.4 Å². The van der Waals surface area contributed by atoms with Gasteiger partial charge in [-0.25, -0.2) is 9.59 Å². The maximum Gasteiger partial charge on any atom is 0.341 e. The van der Waals surface area contributed by atoms with E-state index in [0.717, 1.165) is 11.8 Å². The van der Waals surface area contributed by atoms with Crippen molar-refractivity contribution >= 4 is 52.2 Å². The third-order valence-electron chi connectivity index (χ3n) is 3.66. The summed E-state index contributed by atoms with van der Waals surface area (Å²) in [6.07, 6.45) is 1.93. The predicted octanol–water partition coefficient (Wildman–Crippen LogP) is 2.85. The third kappa shape index (κ3) is 5.54. The van der Waals surface area contributed by atoms with Crippen LogP contribution in [-0.4, -0.2) is 49.9 Å². The maximum absolute atomic E-state index is 12.7. The van der Waals surface area contributed by atoms with Gasteiger partial charge in [-0.15, -0.1) is 0 Å². The van der Waals surface area contributed by atoms with Crippen LogP contribution in [0.5, 0.6) is 5.75 Å². The Bertz CT molecular complexity index is 788. The molecule has 1 aliphatic rings. The number of amides is 1. The number of hydrogen-bond donors (Lipinski definition) is 2. The van der Waals surface area contributed by atoms with Gasteiger partial charge in [-0.2, -0.15) is 0 Å². The second-order valence-corrected chi connectivity index (χ2v) is 7.96. The third-order valence-corrected chi connectivity index (χ3v) is 4.99. The normalized spacial score (nSPS) is 16.9. The van der Waals surface area contributed by atoms with E-state index < -0.39 is 30.5 Å². The van der Waals surface area contributed by atoms with Gasteiger partial charge in [0.15, 0.2) is 6.61 Å². The molecule has 1 unspecified atom stereocenters. The SMILES string of the molecule is CC(C)CC(C(=O)O)N1C(=O)/C(=C/c2ccc(OCC(=O)O)cc2)SC1=S. The standard InChI is InChI=1S/C18H19NO6S2/c1-10(2)7-13(17(23)24)19-16(22)14(27-18(19)26)8-11-3-5-12(6-4-11)25-9-15(20)21/h3-6,8,10,13H,7,9H2,1-2H3,(H,20,21)(H,23,24)/b14-8-. The summed E-state index contributed by atoms with van der Waals surface area (Å²) in [6.45, 7) is 3.33. The number of carboxylic acids is 2. The van der Waals surface area contributed by atoms with Crippen molar-refractivity contribution < 1.29 is 29.3 Å². The fourth-order valence-electron chi connectivity index (χ4n) is 2.47. The van der Waals surface area contributed by atoms with Crippen molar-refractivity contribution in [2.45, 2.75) is 26.3 Å². The van der Waals surface area contributed by atoms with Crippen molar-refractivity contribution in [3.63, 3.8) is 0 Å². The highest BCUT2D eigenvalue weighted by atomic mass is 32.2. The van der Waals surface area contributed by atoms with Crippen LogP contribution < -0.4 is 4.74 Å². The second kappa shape index (κ2) is 9.01. The van der Waals surface area contributed by atoms with Crippen LogP contribution >= 0.6 is 24.0 Å². The minimum atomic E-state index is -1.08. The highest BCUT2D eigenvalue weighted by Crippen LogP contribution is 2.35. The van der Waals surface area contributed by atoms with Gasteiger partial charge in [0.05, 0.1) is 4.91 Å². The number of carboxylic acid groups (broad SMARTS) is 2. The number of nitrogens with zero attached hydrogens (tertiary/aromatic N) is 1. The molecule has 1 aromatic rings. The molecule has 0 bridgehead atoms. The van der Waals surface area contributed by atoms with Gasteiger partial charge in [0, 0.05) is 0 Å². The fourth-order valence-corrected chi connectivity index (χ4v) is 3.83. The largest absolute Gasteiger partial charge is 0.482 e. The first-order valence-corrected chi connectivity index (χ1v) is 9.36. The van der Waals surface area contributed by atoms with Crippen LogP contribution in [0, 0.1) is 5.92 Å². The average Bonchev–Trinajstić information content (AvgIpc) is 2.85. The Hall–Kier alpha value is -2.39. The molecule has 1 amide bonds. The lowest BCUT2D eigenvalue weighted by Gasteiger charge is -2.24. The predicted molar refractivity (Wildman–Crippen MR) is 105 cm³/mol. The molecule has 7 nitrogen and oxygen atoms in total. The quantitative estimate of drug-likeness (QED) is 0.499. The first kappa shape index (κ1) is 20.9. The number of benzene rings is 1. The van der Waals surface area contributed by atoms with E-state index in [1.807, 2.05) is 13.8 Å². The van der Waals surface area contributed by atoms with Gasteiger partial charge in [-0.3, -0.25) is 9.69 Å². The Morgan fingerprint density at radius 1 is 1.26 bits per heavy atom. The molecular weight excluding hydrogens is 390 g/mol. The smallest absolute Gasteiger partial charge is 0.341 e. The molecule has 1 fully saturated rings. The minimum Gasteiger partial charge on any atom is -0.482 e. The minimum absolute atomic E-state index is 0.0954. The molecule has 27 heavy (non-hydrogen) atoms. The van der Waals surface area contributed by atoms with Crippen molar-refractivity contribution in [1.29, 1.82) is 0 Å². The first-order chi connectivity index (χ1) is 12.7. The van der Waals surface area contributed by atoms with E-state index in [-0.39, 0.29) is 10.2 Å². The number of carbonyl (C=O) groups is 3. The van der Waals surface area contributed by atoms with Crippen molar-refractivity contribution in [3.05, 3.63) is 34.7 Å². The first-order valence-electron chi connectivity index (χ1n) is 8.13. The van der Waals surface area contributed by atoms with Gasteiger partial charge in [0.1, 0.15) is 16.1 Å². The second-order valence-electron chi connectivity index (χ2n) is 6.29. The molecule has 1 aliphatic heterocycles. The average molecular weight is 409 g/mol. The molecule has 9 heteroatoms. The molecule has 0 radical (unpaired) electrons. The zero-order valence-electron chi connectivity index (χ0n) is 14.7. The Labute approximate surface area is 166 Å². The molecule has 0 spiro atoms. The molecule has 1 heterocycles. The van der Waals surface area contributed by atoms with Crippen molar-refractivity contribution in [1.82, 2.24) is 4.90 Å². The van der Waals surface area contributed by atoms with E-state index in [4.69, 9.17) is 22.1 Å². The number of carbonyl (C=O) groups excluding carboxylic acids is 1. The van der Waals surface area contributed by atoms with Crippen molar-refractivity contribution in [2.75, 3.05) is 6.61 Å². The molecule has 1 atom stereocenters. The van der Waals surface area contributed by atoms with Crippen LogP contribution in [0.2, 0.25) is 0 Å². The van der Waals surface area contributed by atoms with E-state index >= 15 is 0 Å². The summed E-state index contributed by atoms with van der Waals surface area (Å²) < 4.78 is 5.28. The molecule has 2 rings (SSSR count). The lowest BCUT2D eigenvalue weighted by molar-refractivity contribution is -0.145. The van der Waals surface area contributed by atoms with Gasteiger partial charge in [0.25, 0.3) is 5.91 Å². The number of aliphatic carboxylic acids is 2. The Morgan fingerprint density at radius 3 is 2.41 bits per heavy atom. The lowest BCUT2D eigenvalue weighted by atomic mass is 10.0. The monoisotopic (exact) mass is 409 g/mol. The number of thioether (sulfide) groups is 1. The molecular formula is C18H19NO6S2. The zero-order chi connectivity index (χ0) is 20.1. The van der Waals surface area contributed by atoms with Gasteiger partial charge in [0.2, 0.25) is 0 Å².